The lowest BCUT2D eigenvalue weighted by molar-refractivity contribution is -0.270. The summed E-state index contributed by atoms with van der Waals surface area (Å²) in [6.07, 6.45) is 2.04. The van der Waals surface area contributed by atoms with E-state index in [-0.39, 0.29) is 6.03 Å². The predicted octanol–water partition coefficient (Wildman–Crippen LogP) is 2.88. The zero-order valence-corrected chi connectivity index (χ0v) is 17.2. The summed E-state index contributed by atoms with van der Waals surface area (Å²) in [6, 6.07) is 35.5. The Bertz CT molecular complexity index is 1120. The molecule has 4 aromatic rings. The van der Waals surface area contributed by atoms with Crippen LogP contribution in [0.1, 0.15) is 11.4 Å². The zero-order chi connectivity index (χ0) is 19.8. The van der Waals surface area contributed by atoms with Crippen LogP contribution in [-0.4, -0.2) is 29.3 Å². The number of rotatable bonds is 4. The van der Waals surface area contributed by atoms with Gasteiger partial charge >= 0.3 is 14.3 Å². The molecule has 0 fully saturated rings. The summed E-state index contributed by atoms with van der Waals surface area (Å²) >= 11 is 0. The minimum atomic E-state index is -2.83. The van der Waals surface area contributed by atoms with Crippen molar-refractivity contribution >= 4 is 36.0 Å². The van der Waals surface area contributed by atoms with Crippen molar-refractivity contribution in [2.24, 2.45) is 0 Å². The third kappa shape index (κ3) is 2.57. The van der Waals surface area contributed by atoms with Gasteiger partial charge in [-0.05, 0) is 34.6 Å². The Labute approximate surface area is 171 Å². The number of carbonyl (C=O) groups excluding carboxylic acids is 1. The third-order valence-corrected chi connectivity index (χ3v) is 10.3. The molecule has 3 aromatic carbocycles. The topological polar surface area (TPSA) is 25.0 Å². The second-order valence-corrected chi connectivity index (χ2v) is 11.0. The van der Waals surface area contributed by atoms with Gasteiger partial charge in [-0.1, -0.05) is 91.0 Å². The fourth-order valence-electron chi connectivity index (χ4n) is 4.41. The van der Waals surface area contributed by atoms with Crippen LogP contribution in [0.5, 0.6) is 0 Å². The average Bonchev–Trinajstić information content (AvgIpc) is 3.31. The van der Waals surface area contributed by atoms with E-state index in [0.717, 1.165) is 11.4 Å². The second-order valence-electron chi connectivity index (χ2n) is 7.33. The number of aromatic nitrogens is 1. The van der Waals surface area contributed by atoms with Crippen molar-refractivity contribution in [2.45, 2.75) is 6.92 Å². The Balaban J connectivity index is 1.89. The standard InChI is InChI=1S/C25H21N2OSi/c1-20-17-18-21-19-26(25(28)27(20)21)29(22-11-5-2-6-12-22,23-13-7-3-8-14-23)24-15-9-4-10-16-24/h2-19H,1H3/q+1. The van der Waals surface area contributed by atoms with Gasteiger partial charge in [-0.2, -0.15) is 9.36 Å². The van der Waals surface area contributed by atoms with Crippen LogP contribution in [0.2, 0.25) is 0 Å². The smallest absolute Gasteiger partial charge is 0.231 e. The lowest BCUT2D eigenvalue weighted by atomic mass is 10.3. The quantitative estimate of drug-likeness (QED) is 0.387. The van der Waals surface area contributed by atoms with E-state index in [1.807, 2.05) is 52.3 Å². The molecule has 2 heterocycles. The molecule has 29 heavy (non-hydrogen) atoms. The summed E-state index contributed by atoms with van der Waals surface area (Å²) in [4.78, 5) is 13.7. The highest BCUT2D eigenvalue weighted by molar-refractivity contribution is 7.06. The summed E-state index contributed by atoms with van der Waals surface area (Å²) in [5.41, 5.74) is 1.90. The molecule has 3 nitrogen and oxygen atoms in total. The predicted molar refractivity (Wildman–Crippen MR) is 119 cm³/mol. The van der Waals surface area contributed by atoms with Gasteiger partial charge < -0.3 is 0 Å². The maximum absolute atomic E-state index is 13.7. The Morgan fingerprint density at radius 2 is 1.10 bits per heavy atom. The molecule has 0 saturated carbocycles. The van der Waals surface area contributed by atoms with E-state index >= 15 is 0 Å². The van der Waals surface area contributed by atoms with Crippen molar-refractivity contribution in [3.05, 3.63) is 115 Å². The Morgan fingerprint density at radius 1 is 0.655 bits per heavy atom. The highest BCUT2D eigenvalue weighted by Crippen LogP contribution is 2.18. The lowest BCUT2D eigenvalue weighted by Crippen LogP contribution is -2.75. The van der Waals surface area contributed by atoms with Crippen molar-refractivity contribution in [3.8, 4) is 0 Å². The van der Waals surface area contributed by atoms with Crippen LogP contribution in [0.3, 0.4) is 0 Å². The summed E-state index contributed by atoms with van der Waals surface area (Å²) in [5.74, 6) is 0. The maximum Gasteiger partial charge on any atom is 0.489 e. The highest BCUT2D eigenvalue weighted by Gasteiger charge is 2.54. The molecule has 0 spiro atoms. The highest BCUT2D eigenvalue weighted by atomic mass is 28.3. The number of aryl methyl sites for hydroxylation is 1. The Hall–Kier alpha value is -3.50. The number of nitrogens with zero attached hydrogens (tertiary/aromatic N) is 2. The molecule has 0 N–H and O–H groups in total. The number of amides is 1. The molecule has 1 aliphatic heterocycles. The van der Waals surface area contributed by atoms with Crippen LogP contribution in [0.25, 0.3) is 0 Å². The van der Waals surface area contributed by atoms with Gasteiger partial charge in [0, 0.05) is 0 Å². The summed E-state index contributed by atoms with van der Waals surface area (Å²) < 4.78 is 3.84. The van der Waals surface area contributed by atoms with Crippen molar-refractivity contribution in [3.63, 3.8) is 0 Å². The first-order valence-electron chi connectivity index (χ1n) is 9.76. The van der Waals surface area contributed by atoms with Gasteiger partial charge in [-0.3, -0.25) is 0 Å². The van der Waals surface area contributed by atoms with Crippen molar-refractivity contribution in [1.82, 2.24) is 4.57 Å². The third-order valence-electron chi connectivity index (χ3n) is 5.70. The van der Waals surface area contributed by atoms with Gasteiger partial charge in [0.1, 0.15) is 11.9 Å². The molecule has 140 valence electrons. The van der Waals surface area contributed by atoms with E-state index in [0.29, 0.717) is 0 Å². The van der Waals surface area contributed by atoms with Gasteiger partial charge in [0.25, 0.3) is 0 Å². The SMILES string of the molecule is Cc1ccc2n1C(=O)[N+]([Si](c1ccccc1)(c1ccccc1)c1ccccc1)=C2. The van der Waals surface area contributed by atoms with Gasteiger partial charge in [-0.25, -0.2) is 4.24 Å². The fraction of sp³-hybridized carbons (Fsp3) is 0.0400. The fourth-order valence-corrected chi connectivity index (χ4v) is 8.98. The molecule has 0 unspecified atom stereocenters. The summed E-state index contributed by atoms with van der Waals surface area (Å²) in [7, 11) is -2.83. The Morgan fingerprint density at radius 3 is 1.52 bits per heavy atom. The monoisotopic (exact) mass is 393 g/mol. The first-order chi connectivity index (χ1) is 14.2. The molecular formula is C25H21N2OSi+. The molecule has 1 aromatic heterocycles. The molecule has 0 atom stereocenters. The van der Waals surface area contributed by atoms with Crippen LogP contribution in [0.15, 0.2) is 103 Å². The summed E-state index contributed by atoms with van der Waals surface area (Å²) in [6.45, 7) is 1.98. The molecule has 5 rings (SSSR count). The number of benzene rings is 3. The van der Waals surface area contributed by atoms with Gasteiger partial charge in [0.2, 0.25) is 0 Å². The van der Waals surface area contributed by atoms with Crippen LogP contribution < -0.4 is 15.6 Å². The first-order valence-corrected chi connectivity index (χ1v) is 11.7. The van der Waals surface area contributed by atoms with Crippen LogP contribution in [-0.2, 0) is 0 Å². The number of carbonyl (C=O) groups is 1. The largest absolute Gasteiger partial charge is 0.489 e. The molecule has 0 bridgehead atoms. The van der Waals surface area contributed by atoms with E-state index in [1.54, 1.807) is 0 Å². The second kappa shape index (κ2) is 6.83. The van der Waals surface area contributed by atoms with Crippen LogP contribution in [0.4, 0.5) is 4.79 Å². The van der Waals surface area contributed by atoms with Crippen molar-refractivity contribution < 1.29 is 9.04 Å². The molecule has 0 saturated heterocycles. The molecule has 4 heteroatoms. The molecule has 1 amide bonds. The Kier molecular flexibility index (Phi) is 4.14. The molecule has 0 aliphatic carbocycles. The van der Waals surface area contributed by atoms with E-state index < -0.39 is 8.24 Å². The van der Waals surface area contributed by atoms with Crippen molar-refractivity contribution in [1.29, 1.82) is 0 Å². The van der Waals surface area contributed by atoms with E-state index in [2.05, 4.69) is 72.8 Å². The number of hydrogen-bond acceptors (Lipinski definition) is 1. The lowest BCUT2D eigenvalue weighted by Gasteiger charge is -2.30. The average molecular weight is 394 g/mol. The van der Waals surface area contributed by atoms with Crippen LogP contribution in [0, 0.1) is 6.92 Å². The van der Waals surface area contributed by atoms with Gasteiger partial charge in [0.15, 0.2) is 5.69 Å². The number of hydrogen-bond donors (Lipinski definition) is 0. The van der Waals surface area contributed by atoms with Gasteiger partial charge in [-0.15, -0.1) is 0 Å². The first kappa shape index (κ1) is 17.6. The molecule has 1 aliphatic rings. The zero-order valence-electron chi connectivity index (χ0n) is 16.2. The van der Waals surface area contributed by atoms with Crippen molar-refractivity contribution in [2.75, 3.05) is 0 Å². The van der Waals surface area contributed by atoms with Crippen LogP contribution >= 0.6 is 0 Å². The molecular weight excluding hydrogens is 372 g/mol. The van der Waals surface area contributed by atoms with E-state index in [9.17, 15) is 4.79 Å². The molecule has 0 radical (unpaired) electrons. The number of fused-ring (bicyclic) bond motifs is 1. The normalized spacial score (nSPS) is 13.3. The summed E-state index contributed by atoms with van der Waals surface area (Å²) in [5, 5.41) is 3.56. The van der Waals surface area contributed by atoms with Gasteiger partial charge in [0.05, 0.1) is 0 Å². The van der Waals surface area contributed by atoms with E-state index in [4.69, 9.17) is 0 Å². The maximum atomic E-state index is 13.7. The van der Waals surface area contributed by atoms with E-state index in [1.165, 1.54) is 15.6 Å². The minimum absolute atomic E-state index is 0.0192. The minimum Gasteiger partial charge on any atom is -0.231 e.